The number of aliphatic hydroxyl groups excluding tert-OH is 4. The van der Waals surface area contributed by atoms with Crippen LogP contribution in [-0.2, 0) is 60.7 Å². The fraction of sp³-hybridized carbons (Fsp3) is 0.802. The number of β-amino-alcohol motifs (C(OH)–C–C–N with tert-alkyl or cyclic N) is 2. The van der Waals surface area contributed by atoms with Crippen LogP contribution in [0.5, 0.6) is 0 Å². The Labute approximate surface area is 836 Å². The standard InChI is InChI=1S/C40H72N2O6SSi2.C38H68N2O5SSi2.C28H44N2O6S/c1-13-50(14-2,15-3)47-36-26-37(44)46-35(29(8)24-32-27-49-31(10)41-32)25-34-33(42(34)22-23-43)21-19-20-28(7)38(30(9)39(45)40(36,11)12)48-51(16-4,17-5)18-6;1-13-47(14-2,15-3)44-34-24-35(41)43-33(27(8)22-30-25-46-29(10)39-30)23-32-31(40-32)21-19-20-26(7)36(28(9)37(42)38(34,11)12)45-48(16-4,17-5)18-6;1-16-8-7-9-21-22(30(21)10-11-31)13-23(17(2)12-20-15-37-19(4)29-20)36-25(33)14-24(32)28(5,6)27(35)18(3)26(16)34/h24,27-28,30,33-36,38,43H,13-23,25-26H2,1-12H3;22,25-26,28,31-34,36,40H,13-21,23-24H2,1-12H3;12,15-16,18,21-24,26,31-32,34H,7-11,13-14H2,1-6H3/b29-24+;27-22+;17-12+/t28?,30-,33-,34?,35?,36+,38+,42?;26?,28-,31-,32?,33?,34+,36+;16?,18-,21-,22+,23?,24+,26+,30?/m111/s1. The van der Waals surface area contributed by atoms with Gasteiger partial charge in [-0.05, 0) is 205 Å². The number of nitrogens with zero attached hydrogens (tertiary/aromatic N) is 5. The van der Waals surface area contributed by atoms with E-state index in [1.165, 1.54) is 0 Å². The van der Waals surface area contributed by atoms with Gasteiger partial charge < -0.3 is 57.7 Å². The fourth-order valence-electron chi connectivity index (χ4n) is 22.2. The summed E-state index contributed by atoms with van der Waals surface area (Å²) in [6, 6.07) is 13.5. The van der Waals surface area contributed by atoms with Gasteiger partial charge in [0.05, 0.1) is 107 Å². The van der Waals surface area contributed by atoms with Gasteiger partial charge in [0, 0.05) is 113 Å². The number of ether oxygens (including phenoxy) is 3. The summed E-state index contributed by atoms with van der Waals surface area (Å²) in [4.78, 5) is 103. The first-order valence-electron chi connectivity index (χ1n) is 52.7. The maximum absolute atomic E-state index is 15.0. The third-order valence-electron chi connectivity index (χ3n) is 33.3. The van der Waals surface area contributed by atoms with Crippen LogP contribution in [0.15, 0.2) is 32.9 Å². The fourth-order valence-corrected chi connectivity index (χ4v) is 35.9. The molecule has 0 saturated carbocycles. The van der Waals surface area contributed by atoms with Gasteiger partial charge in [0.15, 0.2) is 33.3 Å². The molecule has 6 saturated heterocycles. The molecule has 0 amide bonds. The van der Waals surface area contributed by atoms with E-state index in [-0.39, 0.29) is 128 Å². The van der Waals surface area contributed by atoms with Gasteiger partial charge >= 0.3 is 17.9 Å². The summed E-state index contributed by atoms with van der Waals surface area (Å²) in [6.45, 7) is 63.6. The number of hydrogen-bond donors (Lipinski definition) is 5. The molecule has 0 aromatic carbocycles. The maximum Gasteiger partial charge on any atom is 0.309 e. The first kappa shape index (κ1) is 119. The Morgan fingerprint density at radius 3 is 1.04 bits per heavy atom. The van der Waals surface area contributed by atoms with Gasteiger partial charge in [-0.2, -0.15) is 0 Å². The Balaban J connectivity index is 0.000000281. The van der Waals surface area contributed by atoms with Crippen molar-refractivity contribution in [2.24, 2.45) is 51.8 Å². The number of nitrogens with one attached hydrogen (secondary N) is 1. The number of ketones is 3. The lowest BCUT2D eigenvalue weighted by Gasteiger charge is -2.44. The van der Waals surface area contributed by atoms with Crippen molar-refractivity contribution in [3.05, 3.63) is 65.0 Å². The highest BCUT2D eigenvalue weighted by Gasteiger charge is 2.55. The van der Waals surface area contributed by atoms with Crippen molar-refractivity contribution in [2.75, 3.05) is 26.3 Å². The minimum Gasteiger partial charge on any atom is -0.458 e. The molecule has 0 radical (unpaired) electrons. The summed E-state index contributed by atoms with van der Waals surface area (Å²) < 4.78 is 47.6. The molecule has 6 aliphatic heterocycles. The molecule has 6 aliphatic rings. The van der Waals surface area contributed by atoms with Crippen LogP contribution in [0.2, 0.25) is 72.5 Å². The van der Waals surface area contributed by atoms with Crippen molar-refractivity contribution in [1.29, 1.82) is 0 Å². The van der Waals surface area contributed by atoms with Crippen LogP contribution >= 0.6 is 34.0 Å². The highest BCUT2D eigenvalue weighted by molar-refractivity contribution is 7.10. The molecule has 23 atom stereocenters. The number of carbonyl (C=O) groups is 6. The van der Waals surface area contributed by atoms with Gasteiger partial charge in [-0.15, -0.1) is 34.0 Å². The summed E-state index contributed by atoms with van der Waals surface area (Å²) >= 11 is 4.78. The van der Waals surface area contributed by atoms with E-state index in [1.54, 1.807) is 54.8 Å². The summed E-state index contributed by atoms with van der Waals surface area (Å²) in [5.74, 6) is -2.16. The number of hydrogen-bond acceptors (Lipinski definition) is 26. The molecule has 774 valence electrons. The molecule has 5 N–H and O–H groups in total. The molecule has 23 nitrogen and oxygen atoms in total. The number of rotatable bonds is 30. The largest absolute Gasteiger partial charge is 0.458 e. The number of cyclic esters (lactones) is 3. The average Bonchev–Trinajstić information content (AvgIpc) is 1.61. The molecule has 0 aliphatic carbocycles. The topological polar surface area (TPSA) is 315 Å². The van der Waals surface area contributed by atoms with E-state index in [4.69, 9.17) is 31.9 Å². The molecule has 9 rings (SSSR count). The van der Waals surface area contributed by atoms with Crippen LogP contribution in [-0.4, -0.2) is 231 Å². The van der Waals surface area contributed by atoms with Gasteiger partial charge in [-0.3, -0.25) is 38.6 Å². The number of carbonyl (C=O) groups excluding carboxylic acids is 6. The number of fused-ring (bicyclic) bond motifs is 3. The zero-order valence-corrected chi connectivity index (χ0v) is 96.0. The summed E-state index contributed by atoms with van der Waals surface area (Å²) in [6.07, 6.45) is 11.5. The zero-order chi connectivity index (χ0) is 102. The first-order chi connectivity index (χ1) is 64.1. The quantitative estimate of drug-likeness (QED) is 0.0179. The third kappa shape index (κ3) is 31.7. The van der Waals surface area contributed by atoms with E-state index in [1.807, 2.05) is 104 Å². The molecule has 3 aromatic rings. The van der Waals surface area contributed by atoms with Crippen LogP contribution < -0.4 is 5.32 Å². The molecular weight excluding hydrogens is 1840 g/mol. The minimum absolute atomic E-state index is 0.0207. The van der Waals surface area contributed by atoms with E-state index < -0.39 is 98.0 Å². The molecule has 10 unspecified atom stereocenters. The van der Waals surface area contributed by atoms with E-state index in [2.05, 4.69) is 147 Å². The van der Waals surface area contributed by atoms with Crippen molar-refractivity contribution in [3.63, 3.8) is 0 Å². The zero-order valence-electron chi connectivity index (χ0n) is 89.6. The van der Waals surface area contributed by atoms with Gasteiger partial charge in [-0.25, -0.2) is 15.0 Å². The molecule has 136 heavy (non-hydrogen) atoms. The molecule has 0 bridgehead atoms. The van der Waals surface area contributed by atoms with Gasteiger partial charge in [0.25, 0.3) is 0 Å². The second-order valence-electron chi connectivity index (χ2n) is 43.1. The van der Waals surface area contributed by atoms with Gasteiger partial charge in [-0.1, -0.05) is 185 Å². The third-order valence-corrected chi connectivity index (χ3v) is 54.3. The summed E-state index contributed by atoms with van der Waals surface area (Å²) in [5, 5.41) is 54.0. The predicted octanol–water partition coefficient (Wildman–Crippen LogP) is 22.5. The number of aryl methyl sites for hydroxylation is 3. The molecule has 9 heterocycles. The van der Waals surface area contributed by atoms with Crippen LogP contribution in [0.25, 0.3) is 18.2 Å². The number of aliphatic hydroxyl groups is 4. The van der Waals surface area contributed by atoms with Crippen molar-refractivity contribution in [2.45, 2.75) is 468 Å². The van der Waals surface area contributed by atoms with Crippen LogP contribution in [0.1, 0.15) is 315 Å². The monoisotopic (exact) mass is 2020 g/mol. The molecule has 6 fully saturated rings. The van der Waals surface area contributed by atoms with Crippen molar-refractivity contribution in [1.82, 2.24) is 30.1 Å². The SMILES string of the molecule is C/C(=C\c1csc(C)n1)C1C[C@H]2[C@@H](CCCC(C)[C@H](O)[C@@H](C)C(=O)C(C)(C)[C@@H](O)CC(=O)O1)N2CCO.CC[Si](CC)(CC)O[C@H]1CC(=O)OC(/C(C)=C/c2csc(C)n2)CC2N[C@@H]2CCCC(C)[C@H](O[Si](CC)(CC)CC)[C@@H](C)C(=O)C1(C)C.CC[Si](CC)(CC)O[C@H]1CC(=O)OC(/C(C)=C/c2csc(C)n2)CC2[C@@H](CCCC(C)[C@H](O[Si](CC)(CC)CC)[C@@H](C)C(=O)C1(C)C)N2CCO. The molecule has 30 heteroatoms. The first-order valence-corrected chi connectivity index (χ1v) is 65.4. The Kier molecular flexibility index (Phi) is 46.9. The Morgan fingerprint density at radius 1 is 0.419 bits per heavy atom. The van der Waals surface area contributed by atoms with E-state index in [9.17, 15) is 49.2 Å². The van der Waals surface area contributed by atoms with Crippen LogP contribution in [0.4, 0.5) is 0 Å². The lowest BCUT2D eigenvalue weighted by atomic mass is 9.73. The normalized spacial score (nSPS) is 31.6. The number of aromatic nitrogens is 3. The predicted molar refractivity (Wildman–Crippen MR) is 565 cm³/mol. The van der Waals surface area contributed by atoms with E-state index in [0.29, 0.717) is 44.1 Å². The molecule has 3 aromatic heterocycles. The van der Waals surface area contributed by atoms with Crippen LogP contribution in [0.3, 0.4) is 0 Å². The van der Waals surface area contributed by atoms with E-state index in [0.717, 1.165) is 186 Å². The van der Waals surface area contributed by atoms with E-state index >= 15 is 0 Å². The average molecular weight is 2020 g/mol. The van der Waals surface area contributed by atoms with Crippen molar-refractivity contribution in [3.8, 4) is 0 Å². The Morgan fingerprint density at radius 2 is 0.721 bits per heavy atom. The van der Waals surface area contributed by atoms with Gasteiger partial charge in [0.1, 0.15) is 35.7 Å². The highest BCUT2D eigenvalue weighted by Crippen LogP contribution is 2.47. The lowest BCUT2D eigenvalue weighted by Crippen LogP contribution is -2.53. The number of Topliss-reactive ketones (excluding diaryl/α,β-unsaturated/α-hetero) is 3. The minimum atomic E-state index is -2.23. The van der Waals surface area contributed by atoms with Crippen LogP contribution in [0, 0.1) is 72.5 Å². The van der Waals surface area contributed by atoms with Crippen molar-refractivity contribution < 1.29 is 81.1 Å². The Bertz CT molecular complexity index is 4310. The molecular formula is C106H184N6O17S3Si4. The second kappa shape index (κ2) is 53.7. The lowest BCUT2D eigenvalue weighted by molar-refractivity contribution is -0.156. The summed E-state index contributed by atoms with van der Waals surface area (Å²) in [7, 11) is -8.45. The maximum atomic E-state index is 15.0. The van der Waals surface area contributed by atoms with Crippen molar-refractivity contribution >= 4 is 121 Å². The number of esters is 3. The number of thiazole rings is 3. The molecule has 0 spiro atoms. The second-order valence-corrected chi connectivity index (χ2v) is 65.2. The Hall–Kier alpha value is -4.04. The smallest absolute Gasteiger partial charge is 0.309 e. The summed E-state index contributed by atoms with van der Waals surface area (Å²) in [5.41, 5.74) is 2.36. The van der Waals surface area contributed by atoms with Gasteiger partial charge in [0.2, 0.25) is 0 Å². The highest BCUT2D eigenvalue weighted by atomic mass is 32.1.